The first-order chi connectivity index (χ1) is 14.6. The van der Waals surface area contributed by atoms with Crippen molar-refractivity contribution in [1.82, 2.24) is 9.88 Å². The van der Waals surface area contributed by atoms with E-state index in [-0.39, 0.29) is 5.91 Å². The summed E-state index contributed by atoms with van der Waals surface area (Å²) >= 11 is 7.49. The third-order valence-corrected chi connectivity index (χ3v) is 6.44. The summed E-state index contributed by atoms with van der Waals surface area (Å²) in [4.78, 5) is 22.2. The van der Waals surface area contributed by atoms with Crippen LogP contribution in [0.3, 0.4) is 0 Å². The molecule has 6 nitrogen and oxygen atoms in total. The molecule has 0 N–H and O–H groups in total. The second kappa shape index (κ2) is 9.20. The fourth-order valence-corrected chi connectivity index (χ4v) is 4.51. The van der Waals surface area contributed by atoms with Gasteiger partial charge in [-0.1, -0.05) is 36.8 Å². The summed E-state index contributed by atoms with van der Waals surface area (Å²) in [6.07, 6.45) is 0. The number of halogens is 1. The van der Waals surface area contributed by atoms with Gasteiger partial charge in [-0.25, -0.2) is 4.98 Å². The van der Waals surface area contributed by atoms with E-state index in [1.54, 1.807) is 29.2 Å². The number of carbonyl (C=O) groups is 1. The van der Waals surface area contributed by atoms with Crippen molar-refractivity contribution in [2.45, 2.75) is 13.8 Å². The van der Waals surface area contributed by atoms with Crippen molar-refractivity contribution >= 4 is 44.2 Å². The first-order valence-corrected chi connectivity index (χ1v) is 11.3. The smallest absolute Gasteiger partial charge is 0.260 e. The summed E-state index contributed by atoms with van der Waals surface area (Å²) < 4.78 is 12.3. The molecule has 2 aromatic carbocycles. The van der Waals surface area contributed by atoms with Crippen LogP contribution in [0.1, 0.15) is 24.2 Å². The Morgan fingerprint density at radius 1 is 1.07 bits per heavy atom. The highest BCUT2D eigenvalue weighted by Crippen LogP contribution is 2.39. The SMILES string of the molecule is CCN(CC)CCN(C(=O)c1ccc(Cl)cc1)c1nc2cc3c(cc2s1)OCCO3. The van der Waals surface area contributed by atoms with Crippen LogP contribution in [0.15, 0.2) is 36.4 Å². The van der Waals surface area contributed by atoms with E-state index in [0.29, 0.717) is 41.2 Å². The van der Waals surface area contributed by atoms with Crippen LogP contribution >= 0.6 is 22.9 Å². The average Bonchev–Trinajstić information content (AvgIpc) is 3.17. The predicted octanol–water partition coefficient (Wildman–Crippen LogP) is 4.71. The lowest BCUT2D eigenvalue weighted by atomic mass is 10.2. The molecule has 4 rings (SSSR count). The lowest BCUT2D eigenvalue weighted by Gasteiger charge is -2.24. The Kier molecular flexibility index (Phi) is 6.41. The van der Waals surface area contributed by atoms with E-state index in [1.165, 1.54) is 11.3 Å². The van der Waals surface area contributed by atoms with Gasteiger partial charge in [-0.15, -0.1) is 0 Å². The van der Waals surface area contributed by atoms with Crippen LogP contribution in [-0.4, -0.2) is 55.2 Å². The van der Waals surface area contributed by atoms with Gasteiger partial charge in [-0.2, -0.15) is 0 Å². The summed E-state index contributed by atoms with van der Waals surface area (Å²) in [5, 5.41) is 1.27. The van der Waals surface area contributed by atoms with E-state index in [1.807, 2.05) is 12.1 Å². The van der Waals surface area contributed by atoms with Gasteiger partial charge in [-0.3, -0.25) is 9.69 Å². The van der Waals surface area contributed by atoms with Gasteiger partial charge in [0.1, 0.15) is 13.2 Å². The van der Waals surface area contributed by atoms with E-state index in [4.69, 9.17) is 26.1 Å². The Bertz CT molecular complexity index is 991. The number of thiazole rings is 1. The summed E-state index contributed by atoms with van der Waals surface area (Å²) in [6.45, 7) is 8.49. The molecule has 0 radical (unpaired) electrons. The van der Waals surface area contributed by atoms with E-state index in [9.17, 15) is 4.79 Å². The number of aromatic nitrogens is 1. The largest absolute Gasteiger partial charge is 0.486 e. The second-order valence-electron chi connectivity index (χ2n) is 6.95. The van der Waals surface area contributed by atoms with Crippen molar-refractivity contribution in [3.05, 3.63) is 47.0 Å². The molecule has 1 aliphatic rings. The molecule has 1 aliphatic heterocycles. The minimum Gasteiger partial charge on any atom is -0.486 e. The number of ether oxygens (including phenoxy) is 2. The standard InChI is InChI=1S/C22H24ClN3O3S/c1-3-25(4-2)9-10-26(21(27)15-5-7-16(23)8-6-15)22-24-17-13-18-19(14-20(17)30-22)29-12-11-28-18/h5-8,13-14H,3-4,9-12H2,1-2H3. The molecule has 1 amide bonds. The number of carbonyl (C=O) groups excluding carboxylic acids is 1. The number of rotatable bonds is 7. The van der Waals surface area contributed by atoms with Crippen LogP contribution < -0.4 is 14.4 Å². The fraction of sp³-hybridized carbons (Fsp3) is 0.364. The number of nitrogens with zero attached hydrogens (tertiary/aromatic N) is 3. The van der Waals surface area contributed by atoms with Crippen LogP contribution in [0.4, 0.5) is 5.13 Å². The molecule has 0 saturated carbocycles. The molecular formula is C22H24ClN3O3S. The molecule has 0 atom stereocenters. The molecule has 1 aromatic heterocycles. The maximum atomic E-state index is 13.4. The highest BCUT2D eigenvalue weighted by Gasteiger charge is 2.23. The normalized spacial score (nSPS) is 13.1. The highest BCUT2D eigenvalue weighted by molar-refractivity contribution is 7.22. The zero-order chi connectivity index (χ0) is 21.1. The number of benzene rings is 2. The van der Waals surface area contributed by atoms with E-state index >= 15 is 0 Å². The number of hydrogen-bond donors (Lipinski definition) is 0. The number of amides is 1. The molecule has 2 heterocycles. The molecule has 0 fully saturated rings. The monoisotopic (exact) mass is 445 g/mol. The van der Waals surface area contributed by atoms with Crippen molar-refractivity contribution in [3.63, 3.8) is 0 Å². The summed E-state index contributed by atoms with van der Waals surface area (Å²) in [5.74, 6) is 1.34. The van der Waals surface area contributed by atoms with Crippen molar-refractivity contribution in [3.8, 4) is 11.5 Å². The summed E-state index contributed by atoms with van der Waals surface area (Å²) in [7, 11) is 0. The van der Waals surface area contributed by atoms with Crippen LogP contribution in [0, 0.1) is 0 Å². The third kappa shape index (κ3) is 4.38. The maximum Gasteiger partial charge on any atom is 0.260 e. The minimum absolute atomic E-state index is 0.0878. The average molecular weight is 446 g/mol. The fourth-order valence-electron chi connectivity index (χ4n) is 3.38. The topological polar surface area (TPSA) is 54.9 Å². The van der Waals surface area contributed by atoms with Crippen molar-refractivity contribution < 1.29 is 14.3 Å². The molecule has 8 heteroatoms. The number of fused-ring (bicyclic) bond motifs is 2. The second-order valence-corrected chi connectivity index (χ2v) is 8.40. The Morgan fingerprint density at radius 3 is 2.40 bits per heavy atom. The number of likely N-dealkylation sites (N-methyl/N-ethyl adjacent to an activating group) is 1. The van der Waals surface area contributed by atoms with Crippen LogP contribution in [0.25, 0.3) is 10.2 Å². The zero-order valence-corrected chi connectivity index (χ0v) is 18.6. The molecule has 0 bridgehead atoms. The molecule has 3 aromatic rings. The molecule has 0 unspecified atom stereocenters. The summed E-state index contributed by atoms with van der Waals surface area (Å²) in [5.41, 5.74) is 1.39. The zero-order valence-electron chi connectivity index (χ0n) is 17.1. The van der Waals surface area contributed by atoms with Crippen LogP contribution in [0.2, 0.25) is 5.02 Å². The highest BCUT2D eigenvalue weighted by atomic mass is 35.5. The molecule has 0 saturated heterocycles. The Balaban J connectivity index is 1.68. The lowest BCUT2D eigenvalue weighted by Crippen LogP contribution is -2.38. The first-order valence-electron chi connectivity index (χ1n) is 10.1. The number of hydrogen-bond acceptors (Lipinski definition) is 6. The molecule has 30 heavy (non-hydrogen) atoms. The van der Waals surface area contributed by atoms with Gasteiger partial charge in [0.15, 0.2) is 16.6 Å². The van der Waals surface area contributed by atoms with Gasteiger partial charge < -0.3 is 14.4 Å². The molecule has 158 valence electrons. The van der Waals surface area contributed by atoms with Gasteiger partial charge in [0.05, 0.1) is 10.2 Å². The van der Waals surface area contributed by atoms with Gasteiger partial charge in [0, 0.05) is 35.8 Å². The Morgan fingerprint density at radius 2 is 1.73 bits per heavy atom. The minimum atomic E-state index is -0.0878. The van der Waals surface area contributed by atoms with Gasteiger partial charge in [-0.05, 0) is 37.4 Å². The van der Waals surface area contributed by atoms with Gasteiger partial charge in [0.2, 0.25) is 0 Å². The summed E-state index contributed by atoms with van der Waals surface area (Å²) in [6, 6.07) is 10.8. The lowest BCUT2D eigenvalue weighted by molar-refractivity contribution is 0.0984. The number of anilines is 1. The molecule has 0 spiro atoms. The molecular weight excluding hydrogens is 422 g/mol. The van der Waals surface area contributed by atoms with E-state index in [0.717, 1.165) is 35.6 Å². The van der Waals surface area contributed by atoms with Crippen molar-refractivity contribution in [2.75, 3.05) is 44.3 Å². The predicted molar refractivity (Wildman–Crippen MR) is 122 cm³/mol. The Hall–Kier alpha value is -2.35. The quantitative estimate of drug-likeness (QED) is 0.527. The van der Waals surface area contributed by atoms with Crippen molar-refractivity contribution in [2.24, 2.45) is 0 Å². The third-order valence-electron chi connectivity index (χ3n) is 5.14. The first kappa shape index (κ1) is 20.9. The van der Waals surface area contributed by atoms with Crippen LogP contribution in [-0.2, 0) is 0 Å². The molecule has 0 aliphatic carbocycles. The van der Waals surface area contributed by atoms with Crippen LogP contribution in [0.5, 0.6) is 11.5 Å². The van der Waals surface area contributed by atoms with Crippen molar-refractivity contribution in [1.29, 1.82) is 0 Å². The Labute approximate surface area is 185 Å². The van der Waals surface area contributed by atoms with Gasteiger partial charge >= 0.3 is 0 Å². The maximum absolute atomic E-state index is 13.4. The van der Waals surface area contributed by atoms with E-state index < -0.39 is 0 Å². The van der Waals surface area contributed by atoms with E-state index in [2.05, 4.69) is 18.7 Å². The van der Waals surface area contributed by atoms with Gasteiger partial charge in [0.25, 0.3) is 5.91 Å².